The quantitative estimate of drug-likeness (QED) is 0.465. The summed E-state index contributed by atoms with van der Waals surface area (Å²) in [5, 5.41) is 11.9. The number of hydrogen-bond acceptors (Lipinski definition) is 5. The van der Waals surface area contributed by atoms with Gasteiger partial charge in [-0.05, 0) is 49.1 Å². The number of nitrogens with one attached hydrogen (secondary N) is 1. The molecule has 0 radical (unpaired) electrons. The summed E-state index contributed by atoms with van der Waals surface area (Å²) in [6.07, 6.45) is 2.44. The van der Waals surface area contributed by atoms with Crippen molar-refractivity contribution in [2.24, 2.45) is 12.5 Å². The number of hydrogen-bond donors (Lipinski definition) is 2. The summed E-state index contributed by atoms with van der Waals surface area (Å²) in [5.74, 6) is -0.755. The molecule has 2 saturated heterocycles. The van der Waals surface area contributed by atoms with Crippen molar-refractivity contribution in [3.05, 3.63) is 34.2 Å². The molecule has 1 aromatic heterocycles. The lowest BCUT2D eigenvalue weighted by Gasteiger charge is -2.44. The fourth-order valence-electron chi connectivity index (χ4n) is 5.60. The number of nitrogens with zero attached hydrogens (tertiary/aromatic N) is 3. The topological polar surface area (TPSA) is 123 Å². The van der Waals surface area contributed by atoms with E-state index in [0.717, 1.165) is 17.5 Å². The third-order valence-electron chi connectivity index (χ3n) is 7.45. The molecule has 1 aromatic carbocycles. The van der Waals surface area contributed by atoms with Crippen molar-refractivity contribution in [2.75, 3.05) is 13.2 Å². The van der Waals surface area contributed by atoms with Gasteiger partial charge in [-0.1, -0.05) is 32.9 Å². The third kappa shape index (κ3) is 5.04. The number of imide groups is 1. The Kier molecular flexibility index (Phi) is 7.26. The number of para-hydroxylation sites is 1. The number of aromatic nitrogens is 2. The zero-order valence-electron chi connectivity index (χ0n) is 21.5. The molecule has 196 valence electrons. The van der Waals surface area contributed by atoms with Crippen LogP contribution in [0.25, 0.3) is 11.0 Å². The monoisotopic (exact) mass is 500 g/mol. The zero-order valence-corrected chi connectivity index (χ0v) is 21.5. The van der Waals surface area contributed by atoms with Gasteiger partial charge in [-0.15, -0.1) is 0 Å². The van der Waals surface area contributed by atoms with Crippen LogP contribution in [0.15, 0.2) is 23.0 Å². The number of aryl methyl sites for hydroxylation is 2. The number of ether oxygens (including phenoxy) is 1. The molecule has 2 fully saturated rings. The highest BCUT2D eigenvalue weighted by Gasteiger charge is 2.39. The minimum atomic E-state index is -0.878. The number of benzene rings is 1. The highest BCUT2D eigenvalue weighted by atomic mass is 16.5. The maximum absolute atomic E-state index is 13.1. The van der Waals surface area contributed by atoms with E-state index in [9.17, 15) is 24.3 Å². The van der Waals surface area contributed by atoms with Crippen LogP contribution in [0.2, 0.25) is 0 Å². The predicted molar refractivity (Wildman–Crippen MR) is 134 cm³/mol. The zero-order chi connectivity index (χ0) is 26.2. The van der Waals surface area contributed by atoms with E-state index >= 15 is 0 Å². The smallest absolute Gasteiger partial charge is 0.407 e. The highest BCUT2D eigenvalue weighted by Crippen LogP contribution is 2.33. The lowest BCUT2D eigenvalue weighted by Crippen LogP contribution is -2.53. The maximum atomic E-state index is 13.1. The molecule has 0 saturated carbocycles. The van der Waals surface area contributed by atoms with Crippen molar-refractivity contribution < 1.29 is 24.2 Å². The van der Waals surface area contributed by atoms with Gasteiger partial charge in [0.2, 0.25) is 11.8 Å². The molecule has 2 aromatic rings. The molecule has 2 aliphatic heterocycles. The van der Waals surface area contributed by atoms with Gasteiger partial charge in [-0.3, -0.25) is 24.0 Å². The standard InChI is InChI=1S/C26H36N4O6/c1-26(2,3)20-15-17(12-13-29(20)25(34)35)36-14-6-8-16-7-5-9-18-22(16)28(4)24(33)30(18)19-10-11-21(31)27-23(19)32/h5,7,9,17,19-20H,6,8,10-15H2,1-4H3,(H,34,35)(H,27,31,32). The van der Waals surface area contributed by atoms with E-state index in [-0.39, 0.29) is 35.6 Å². The molecule has 3 amide bonds. The van der Waals surface area contributed by atoms with Crippen molar-refractivity contribution >= 4 is 28.9 Å². The minimum Gasteiger partial charge on any atom is -0.465 e. The van der Waals surface area contributed by atoms with E-state index in [1.807, 2.05) is 18.2 Å². The highest BCUT2D eigenvalue weighted by molar-refractivity contribution is 6.00. The summed E-state index contributed by atoms with van der Waals surface area (Å²) in [6.45, 7) is 7.18. The molecule has 3 heterocycles. The van der Waals surface area contributed by atoms with Crippen molar-refractivity contribution in [3.8, 4) is 0 Å². The molecule has 2 N–H and O–H groups in total. The Labute approximate surface area is 210 Å². The summed E-state index contributed by atoms with van der Waals surface area (Å²) >= 11 is 0. The predicted octanol–water partition coefficient (Wildman–Crippen LogP) is 2.82. The van der Waals surface area contributed by atoms with E-state index in [4.69, 9.17) is 4.74 Å². The number of piperidine rings is 2. The van der Waals surface area contributed by atoms with Crippen molar-refractivity contribution in [1.29, 1.82) is 0 Å². The van der Waals surface area contributed by atoms with Gasteiger partial charge in [0.1, 0.15) is 6.04 Å². The fourth-order valence-corrected chi connectivity index (χ4v) is 5.60. The minimum absolute atomic E-state index is 0.0126. The van der Waals surface area contributed by atoms with Crippen LogP contribution in [-0.4, -0.2) is 62.3 Å². The van der Waals surface area contributed by atoms with Crippen LogP contribution < -0.4 is 11.0 Å². The molecule has 10 nitrogen and oxygen atoms in total. The third-order valence-corrected chi connectivity index (χ3v) is 7.45. The second kappa shape index (κ2) is 10.1. The van der Waals surface area contributed by atoms with E-state index in [1.165, 1.54) is 9.47 Å². The van der Waals surface area contributed by atoms with Gasteiger partial charge in [-0.2, -0.15) is 0 Å². The summed E-state index contributed by atoms with van der Waals surface area (Å²) in [4.78, 5) is 50.3. The normalized spacial score (nSPS) is 23.2. The first-order chi connectivity index (χ1) is 17.0. The molecule has 0 bridgehead atoms. The average molecular weight is 501 g/mol. The van der Waals surface area contributed by atoms with E-state index in [0.29, 0.717) is 44.4 Å². The van der Waals surface area contributed by atoms with Crippen molar-refractivity contribution in [1.82, 2.24) is 19.4 Å². The maximum Gasteiger partial charge on any atom is 0.407 e. The number of fused-ring (bicyclic) bond motifs is 1. The Morgan fingerprint density at radius 3 is 2.61 bits per heavy atom. The average Bonchev–Trinajstić information content (AvgIpc) is 3.07. The molecule has 2 aliphatic rings. The van der Waals surface area contributed by atoms with E-state index in [2.05, 4.69) is 26.1 Å². The number of carboxylic acid groups (broad SMARTS) is 1. The molecule has 0 aliphatic carbocycles. The summed E-state index contributed by atoms with van der Waals surface area (Å²) < 4.78 is 9.24. The summed E-state index contributed by atoms with van der Waals surface area (Å²) in [5.41, 5.74) is 2.02. The van der Waals surface area contributed by atoms with Crippen molar-refractivity contribution in [3.63, 3.8) is 0 Å². The second-order valence-electron chi connectivity index (χ2n) is 10.9. The molecular formula is C26H36N4O6. The molecule has 3 unspecified atom stereocenters. The van der Waals surface area contributed by atoms with Crippen LogP contribution in [0.5, 0.6) is 0 Å². The summed E-state index contributed by atoms with van der Waals surface area (Å²) in [6, 6.07) is 4.91. The van der Waals surface area contributed by atoms with E-state index < -0.39 is 18.0 Å². The summed E-state index contributed by atoms with van der Waals surface area (Å²) in [7, 11) is 1.70. The molecule has 10 heteroatoms. The van der Waals surface area contributed by atoms with Gasteiger partial charge in [0.05, 0.1) is 17.1 Å². The van der Waals surface area contributed by atoms with Crippen LogP contribution >= 0.6 is 0 Å². The SMILES string of the molecule is Cn1c(=O)n(C2CCC(=O)NC2=O)c2cccc(CCCOC3CCN(C(=O)O)C(C(C)(C)C)C3)c21. The molecule has 3 atom stereocenters. The number of amides is 3. The van der Waals surface area contributed by atoms with Crippen molar-refractivity contribution in [2.45, 2.75) is 77.5 Å². The second-order valence-corrected chi connectivity index (χ2v) is 10.9. The van der Waals surface area contributed by atoms with E-state index in [1.54, 1.807) is 11.6 Å². The Morgan fingerprint density at radius 1 is 1.19 bits per heavy atom. The lowest BCUT2D eigenvalue weighted by molar-refractivity contribution is -0.135. The largest absolute Gasteiger partial charge is 0.465 e. The number of carbonyl (C=O) groups excluding carboxylic acids is 2. The Bertz CT molecular complexity index is 1220. The fraction of sp³-hybridized carbons (Fsp3) is 0.615. The van der Waals surface area contributed by atoms with Crippen LogP contribution in [0.4, 0.5) is 4.79 Å². The van der Waals surface area contributed by atoms with Gasteiger partial charge >= 0.3 is 11.8 Å². The molecular weight excluding hydrogens is 464 g/mol. The molecule has 36 heavy (non-hydrogen) atoms. The first kappa shape index (κ1) is 25.9. The van der Waals surface area contributed by atoms with Gasteiger partial charge < -0.3 is 14.7 Å². The number of imidazole rings is 1. The lowest BCUT2D eigenvalue weighted by atomic mass is 9.80. The first-order valence-corrected chi connectivity index (χ1v) is 12.6. The Morgan fingerprint density at radius 2 is 1.94 bits per heavy atom. The van der Waals surface area contributed by atoms with Gasteiger partial charge in [0.15, 0.2) is 0 Å². The van der Waals surface area contributed by atoms with Gasteiger partial charge in [0.25, 0.3) is 0 Å². The molecule has 0 spiro atoms. The van der Waals surface area contributed by atoms with Crippen LogP contribution in [0.1, 0.15) is 64.5 Å². The van der Waals surface area contributed by atoms with Gasteiger partial charge in [-0.25, -0.2) is 9.59 Å². The number of likely N-dealkylation sites (tertiary alicyclic amines) is 1. The number of rotatable bonds is 6. The first-order valence-electron chi connectivity index (χ1n) is 12.6. The van der Waals surface area contributed by atoms with Gasteiger partial charge in [0, 0.05) is 32.7 Å². The van der Waals surface area contributed by atoms with Crippen LogP contribution in [-0.2, 0) is 27.8 Å². The Hall–Kier alpha value is -3.14. The van der Waals surface area contributed by atoms with Crippen LogP contribution in [0, 0.1) is 5.41 Å². The van der Waals surface area contributed by atoms with Crippen LogP contribution in [0.3, 0.4) is 0 Å². The molecule has 4 rings (SSSR count). The number of carbonyl (C=O) groups is 3. The Balaban J connectivity index is 1.43.